The number of fused-ring (bicyclic) bond motifs is 10. The zero-order valence-electron chi connectivity index (χ0n) is 47.6. The normalized spacial score (nSPS) is 49.7. The van der Waals surface area contributed by atoms with Crippen molar-refractivity contribution >= 4 is 20.8 Å². The fourth-order valence-electron chi connectivity index (χ4n) is 15.3. The van der Waals surface area contributed by atoms with Crippen LogP contribution in [0.5, 0.6) is 0 Å². The molecule has 11 aliphatic heterocycles. The van der Waals surface area contributed by atoms with Crippen molar-refractivity contribution in [1.29, 1.82) is 0 Å². The maximum atomic E-state index is 12.3. The summed E-state index contributed by atoms with van der Waals surface area (Å²) in [5, 5.41) is 24.0. The molecule has 0 unspecified atom stereocenters. The molecule has 21 nitrogen and oxygen atoms in total. The minimum atomic E-state index is -5.21. The minimum absolute atomic E-state index is 0. The van der Waals surface area contributed by atoms with Gasteiger partial charge in [0.1, 0.15) is 35.6 Å². The van der Waals surface area contributed by atoms with Crippen molar-refractivity contribution < 1.29 is 156 Å². The van der Waals surface area contributed by atoms with Gasteiger partial charge in [-0.2, -0.15) is 0 Å². The predicted octanol–water partition coefficient (Wildman–Crippen LogP) is -1.62. The van der Waals surface area contributed by atoms with Gasteiger partial charge in [0.2, 0.25) is 20.8 Å². The molecule has 11 fully saturated rings. The Labute approximate surface area is 515 Å². The zero-order chi connectivity index (χ0) is 55.7. The van der Waals surface area contributed by atoms with E-state index in [0.717, 1.165) is 12.0 Å². The fourth-order valence-corrected chi connectivity index (χ4v) is 16.1. The van der Waals surface area contributed by atoms with Crippen LogP contribution in [0.1, 0.15) is 131 Å². The Balaban J connectivity index is 0.00000387. The molecular formula is C55H80Na2O21S2. The van der Waals surface area contributed by atoms with Gasteiger partial charge in [0, 0.05) is 51.4 Å². The molecule has 0 radical (unpaired) electrons. The third kappa shape index (κ3) is 12.9. The van der Waals surface area contributed by atoms with Gasteiger partial charge < -0.3 is 71.4 Å². The monoisotopic (exact) mass is 1190 g/mol. The van der Waals surface area contributed by atoms with Crippen molar-refractivity contribution in [1.82, 2.24) is 0 Å². The van der Waals surface area contributed by atoms with Crippen molar-refractivity contribution in [2.75, 3.05) is 6.61 Å². The molecule has 11 saturated heterocycles. The summed E-state index contributed by atoms with van der Waals surface area (Å²) in [5.41, 5.74) is -3.80. The first kappa shape index (κ1) is 64.6. The van der Waals surface area contributed by atoms with Gasteiger partial charge in [-0.15, -0.1) is 6.58 Å². The smallest absolute Gasteiger partial charge is 0.726 e. The van der Waals surface area contributed by atoms with Crippen molar-refractivity contribution in [3.05, 3.63) is 49.1 Å². The second-order valence-electron chi connectivity index (χ2n) is 25.5. The molecule has 26 atom stereocenters. The molecule has 0 aromatic rings. The molecule has 0 aliphatic carbocycles. The fraction of sp³-hybridized carbons (Fsp3) is 0.855. The third-order valence-corrected chi connectivity index (χ3v) is 20.5. The standard InChI is InChI=1S/C55H82O21S2.2Na/c1-10-11-28(2)12-15-51(5,57)50-30(4)20-39-38(71-50)26-46-55(9,74-39)49(56)48-42(70-46)24-41-47(72-48)29(3)13-16-53(7)44(69-41)27-43-54(8,76-53)17-14-31-32(68-43)21-34-33(65-31)22-35-36(66-34)23-40-37(67-35)25-45(75-78(61,62)63)52(6,73-40)18-19-64-77(58,59)60;;/h10,12,15,29,31-50,56-57H,1-2,4,11,13-14,16-27H2,3,5-9H3,(H,58,59,60)(H,61,62,63);;/q;2*+1/p-2/b15-12+;;/t29-,31+,32-,33-,34+,35+,36-,37-,38-,39+,40+,41+,42-,43+,44-,45+,46+,47-,48-,49-,50+,51+,52-,53+,54-,55+;;/m1../s1. The van der Waals surface area contributed by atoms with Gasteiger partial charge in [-0.1, -0.05) is 43.9 Å². The number of ether oxygens (including phenoxy) is 11. The SMILES string of the molecule is C=CCC(=C)/C=C/[C@](C)(O)[C@H]1O[C@@H]2C[C@@H]3O[C@@H]4C[C@@H]5O[C@@H]6C[C@@H]7O[C@@H]8C[C@@H]9O[C@@H]%10C[C@@H]%11O[C@](C)(CCOS(=O)(=O)[O-])[C@@H](OS(=O)(=O)[O-])C[C@H]%11O[C@H]%10C[C@H]9O[C@H]8CC[C@@]7(C)O[C@@]6(C)CC[C@@H](C)[C@H]5O[C@H]4[C@@H](O)[C@@]3(C)O[C@H]2CC1=C.[Na+].[Na+]. The summed E-state index contributed by atoms with van der Waals surface area (Å²) in [6.45, 7) is 23.0. The number of hydrogen-bond donors (Lipinski definition) is 2. The van der Waals surface area contributed by atoms with E-state index in [1.807, 2.05) is 6.92 Å². The number of hydrogen-bond acceptors (Lipinski definition) is 21. The first-order valence-corrected chi connectivity index (χ1v) is 30.8. The number of rotatable bonds is 11. The number of aliphatic hydroxyl groups is 2. The van der Waals surface area contributed by atoms with E-state index in [1.165, 1.54) is 6.92 Å². The Morgan fingerprint density at radius 2 is 1.25 bits per heavy atom. The molecule has 0 spiro atoms. The van der Waals surface area contributed by atoms with Crippen LogP contribution in [0.3, 0.4) is 0 Å². The zero-order valence-corrected chi connectivity index (χ0v) is 53.2. The summed E-state index contributed by atoms with van der Waals surface area (Å²) in [4.78, 5) is 0. The van der Waals surface area contributed by atoms with Crippen LogP contribution in [-0.4, -0.2) is 193 Å². The van der Waals surface area contributed by atoms with Crippen molar-refractivity contribution in [2.45, 2.75) is 282 Å². The van der Waals surface area contributed by atoms with Crippen LogP contribution in [0, 0.1) is 5.92 Å². The molecule has 11 aliphatic rings. The molecule has 80 heavy (non-hydrogen) atoms. The summed E-state index contributed by atoms with van der Waals surface area (Å²) in [6, 6.07) is 0. The molecule has 25 heteroatoms. The number of allylic oxidation sites excluding steroid dienone is 3. The maximum Gasteiger partial charge on any atom is 1.00 e. The van der Waals surface area contributed by atoms with Crippen LogP contribution in [0.2, 0.25) is 0 Å². The van der Waals surface area contributed by atoms with Gasteiger partial charge in [0.15, 0.2) is 0 Å². The second-order valence-corrected chi connectivity index (χ2v) is 27.5. The minimum Gasteiger partial charge on any atom is -0.726 e. The molecule has 0 aromatic heterocycles. The Kier molecular flexibility index (Phi) is 19.3. The average Bonchev–Trinajstić information content (AvgIpc) is 3.62. The second kappa shape index (κ2) is 23.9. The van der Waals surface area contributed by atoms with Crippen molar-refractivity contribution in [3.63, 3.8) is 0 Å². The van der Waals surface area contributed by atoms with Gasteiger partial charge in [-0.05, 0) is 84.6 Å². The molecule has 0 aromatic carbocycles. The van der Waals surface area contributed by atoms with Gasteiger partial charge in [0.25, 0.3) is 0 Å². The van der Waals surface area contributed by atoms with Crippen molar-refractivity contribution in [2.24, 2.45) is 5.92 Å². The summed E-state index contributed by atoms with van der Waals surface area (Å²) in [7, 11) is -10.3. The van der Waals surface area contributed by atoms with Crippen LogP contribution >= 0.6 is 0 Å². The molecule has 11 rings (SSSR count). The van der Waals surface area contributed by atoms with E-state index in [1.54, 1.807) is 25.2 Å². The molecule has 440 valence electrons. The predicted molar refractivity (Wildman–Crippen MR) is 272 cm³/mol. The van der Waals surface area contributed by atoms with Gasteiger partial charge >= 0.3 is 59.1 Å². The van der Waals surface area contributed by atoms with E-state index < -0.39 is 129 Å². The van der Waals surface area contributed by atoms with Crippen molar-refractivity contribution in [3.8, 4) is 0 Å². The quantitative estimate of drug-likeness (QED) is 0.0774. The van der Waals surface area contributed by atoms with Gasteiger partial charge in [0.05, 0.1) is 121 Å². The number of aliphatic hydroxyl groups excluding tert-OH is 1. The first-order chi connectivity index (χ1) is 36.5. The Hall–Kier alpha value is 0.180. The Morgan fingerprint density at radius 3 is 1.89 bits per heavy atom. The molecule has 11 heterocycles. The average molecular weight is 1190 g/mol. The van der Waals surface area contributed by atoms with E-state index in [9.17, 15) is 36.2 Å². The molecule has 0 saturated carbocycles. The maximum absolute atomic E-state index is 12.3. The molecule has 0 amide bonds. The van der Waals surface area contributed by atoms with E-state index in [4.69, 9.17) is 56.3 Å². The van der Waals surface area contributed by atoms with Crippen LogP contribution in [0.25, 0.3) is 0 Å². The Morgan fingerprint density at radius 1 is 0.700 bits per heavy atom. The topological polar surface area (TPSA) is 275 Å². The largest absolute Gasteiger partial charge is 1.00 e. The van der Waals surface area contributed by atoms with Crippen LogP contribution in [-0.2, 0) is 81.3 Å². The molecule has 2 N–H and O–H groups in total. The van der Waals surface area contributed by atoms with Crippen LogP contribution < -0.4 is 59.1 Å². The summed E-state index contributed by atoms with van der Waals surface area (Å²) >= 11 is 0. The van der Waals surface area contributed by atoms with Gasteiger partial charge in [-0.25, -0.2) is 16.8 Å². The van der Waals surface area contributed by atoms with Crippen LogP contribution in [0.15, 0.2) is 49.1 Å². The Bertz CT molecular complexity index is 2560. The summed E-state index contributed by atoms with van der Waals surface area (Å²) in [5.74, 6) is 0.0619. The summed E-state index contributed by atoms with van der Waals surface area (Å²) < 4.78 is 154. The van der Waals surface area contributed by atoms with Crippen LogP contribution in [0.4, 0.5) is 0 Å². The first-order valence-electron chi connectivity index (χ1n) is 28.1. The summed E-state index contributed by atoms with van der Waals surface area (Å²) in [6.07, 6.45) is 1.21. The third-order valence-electron chi connectivity index (χ3n) is 19.6. The van der Waals surface area contributed by atoms with E-state index in [-0.39, 0.29) is 127 Å². The molecular weight excluding hydrogens is 1110 g/mol. The van der Waals surface area contributed by atoms with Gasteiger partial charge in [-0.3, -0.25) is 8.37 Å². The van der Waals surface area contributed by atoms with E-state index in [0.29, 0.717) is 76.2 Å². The molecule has 0 bridgehead atoms. The van der Waals surface area contributed by atoms with E-state index >= 15 is 0 Å². The van der Waals surface area contributed by atoms with E-state index in [2.05, 4.69) is 44.7 Å².